The van der Waals surface area contributed by atoms with Crippen LogP contribution in [0.3, 0.4) is 0 Å². The van der Waals surface area contributed by atoms with E-state index in [0.717, 1.165) is 6.42 Å². The summed E-state index contributed by atoms with van der Waals surface area (Å²) >= 11 is 0. The van der Waals surface area contributed by atoms with Crippen molar-refractivity contribution in [2.24, 2.45) is 0 Å². The van der Waals surface area contributed by atoms with Crippen molar-refractivity contribution in [1.29, 1.82) is 0 Å². The van der Waals surface area contributed by atoms with Gasteiger partial charge in [0.2, 0.25) is 0 Å². The van der Waals surface area contributed by atoms with Crippen molar-refractivity contribution in [2.45, 2.75) is 51.4 Å². The van der Waals surface area contributed by atoms with Gasteiger partial charge >= 0.3 is 5.97 Å². The van der Waals surface area contributed by atoms with Gasteiger partial charge in [0.1, 0.15) is 0 Å². The van der Waals surface area contributed by atoms with Crippen LogP contribution in [0.25, 0.3) is 0 Å². The van der Waals surface area contributed by atoms with Gasteiger partial charge in [0.05, 0.1) is 0 Å². The lowest BCUT2D eigenvalue weighted by Crippen LogP contribution is -2.05. The van der Waals surface area contributed by atoms with Crippen LogP contribution in [0.15, 0.2) is 18.2 Å². The lowest BCUT2D eigenvalue weighted by molar-refractivity contribution is -0.137. The minimum atomic E-state index is -0.699. The molecule has 2 rings (SSSR count). The molecule has 0 aromatic heterocycles. The van der Waals surface area contributed by atoms with Crippen molar-refractivity contribution in [1.82, 2.24) is 0 Å². The van der Waals surface area contributed by atoms with E-state index >= 15 is 0 Å². The summed E-state index contributed by atoms with van der Waals surface area (Å²) in [7, 11) is 0. The molecule has 17 heavy (non-hydrogen) atoms. The van der Waals surface area contributed by atoms with Crippen LogP contribution in [0.1, 0.15) is 55.2 Å². The maximum Gasteiger partial charge on any atom is 0.303 e. The Kier molecular flexibility index (Phi) is 3.82. The molecule has 0 bridgehead atoms. The minimum Gasteiger partial charge on any atom is -0.481 e. The molecule has 0 fully saturated rings. The summed E-state index contributed by atoms with van der Waals surface area (Å²) in [6, 6.07) is 6.71. The average molecular weight is 232 g/mol. The maximum atomic E-state index is 10.6. The number of carboxylic acids is 1. The van der Waals surface area contributed by atoms with Gasteiger partial charge in [-0.2, -0.15) is 0 Å². The third kappa shape index (κ3) is 3.09. The van der Waals surface area contributed by atoms with Gasteiger partial charge in [0, 0.05) is 6.42 Å². The van der Waals surface area contributed by atoms with Gasteiger partial charge in [0.15, 0.2) is 0 Å². The zero-order valence-corrected chi connectivity index (χ0v) is 10.4. The highest BCUT2D eigenvalue weighted by Crippen LogP contribution is 2.27. The monoisotopic (exact) mass is 232 g/mol. The van der Waals surface area contributed by atoms with Gasteiger partial charge in [0.25, 0.3) is 0 Å². The van der Waals surface area contributed by atoms with E-state index in [2.05, 4.69) is 25.1 Å². The number of aryl methyl sites for hydroxylation is 2. The van der Waals surface area contributed by atoms with Crippen molar-refractivity contribution in [2.75, 3.05) is 0 Å². The second kappa shape index (κ2) is 5.35. The molecule has 1 aromatic carbocycles. The summed E-state index contributed by atoms with van der Waals surface area (Å²) < 4.78 is 0. The highest BCUT2D eigenvalue weighted by molar-refractivity contribution is 5.66. The second-order valence-electron chi connectivity index (χ2n) is 5.07. The minimum absolute atomic E-state index is 0.262. The zero-order chi connectivity index (χ0) is 12.3. The first-order chi connectivity index (χ1) is 8.16. The highest BCUT2D eigenvalue weighted by atomic mass is 16.4. The Morgan fingerprint density at radius 1 is 1.29 bits per heavy atom. The molecule has 2 nitrogen and oxygen atoms in total. The molecule has 0 saturated carbocycles. The molecule has 92 valence electrons. The van der Waals surface area contributed by atoms with E-state index in [1.54, 1.807) is 0 Å². The van der Waals surface area contributed by atoms with E-state index in [9.17, 15) is 4.79 Å². The van der Waals surface area contributed by atoms with Crippen LogP contribution in [0, 0.1) is 0 Å². The van der Waals surface area contributed by atoms with Crippen molar-refractivity contribution in [3.05, 3.63) is 34.9 Å². The van der Waals surface area contributed by atoms with E-state index in [1.165, 1.54) is 42.4 Å². The number of carbonyl (C=O) groups is 1. The summed E-state index contributed by atoms with van der Waals surface area (Å²) in [6.45, 7) is 2.12. The molecule has 1 N–H and O–H groups in total. The molecule has 1 unspecified atom stereocenters. The fourth-order valence-corrected chi connectivity index (χ4v) is 2.57. The summed E-state index contributed by atoms with van der Waals surface area (Å²) in [5, 5.41) is 8.70. The van der Waals surface area contributed by atoms with Crippen LogP contribution >= 0.6 is 0 Å². The van der Waals surface area contributed by atoms with Gasteiger partial charge in [-0.15, -0.1) is 0 Å². The van der Waals surface area contributed by atoms with Gasteiger partial charge < -0.3 is 5.11 Å². The largest absolute Gasteiger partial charge is 0.481 e. The fourth-order valence-electron chi connectivity index (χ4n) is 2.57. The topological polar surface area (TPSA) is 37.3 Å². The van der Waals surface area contributed by atoms with Crippen molar-refractivity contribution >= 4 is 5.97 Å². The molecule has 1 atom stereocenters. The Labute approximate surface area is 103 Å². The Hall–Kier alpha value is -1.31. The van der Waals surface area contributed by atoms with Crippen LogP contribution in [0.2, 0.25) is 0 Å². The van der Waals surface area contributed by atoms with Crippen molar-refractivity contribution in [3.8, 4) is 0 Å². The number of fused-ring (bicyclic) bond motifs is 1. The Morgan fingerprint density at radius 3 is 2.71 bits per heavy atom. The van der Waals surface area contributed by atoms with Crippen LogP contribution in [-0.4, -0.2) is 11.1 Å². The molecule has 0 saturated heterocycles. The number of hydrogen-bond donors (Lipinski definition) is 1. The summed E-state index contributed by atoms with van der Waals surface area (Å²) in [5.74, 6) is -0.354. The van der Waals surface area contributed by atoms with Crippen molar-refractivity contribution in [3.63, 3.8) is 0 Å². The molecule has 1 aromatic rings. The summed E-state index contributed by atoms with van der Waals surface area (Å²) in [4.78, 5) is 10.6. The Morgan fingerprint density at radius 2 is 2.00 bits per heavy atom. The molecule has 0 heterocycles. The number of benzene rings is 1. The molecule has 0 radical (unpaired) electrons. The summed E-state index contributed by atoms with van der Waals surface area (Å²) in [6.07, 6.45) is 5.99. The molecular formula is C15H20O2. The predicted octanol–water partition coefficient (Wildman–Crippen LogP) is 3.53. The molecular weight excluding hydrogens is 212 g/mol. The molecule has 1 aliphatic carbocycles. The smallest absolute Gasteiger partial charge is 0.303 e. The molecule has 0 spiro atoms. The van der Waals surface area contributed by atoms with Crippen molar-refractivity contribution < 1.29 is 9.90 Å². The van der Waals surface area contributed by atoms with E-state index in [1.807, 2.05) is 0 Å². The first kappa shape index (κ1) is 12.2. The predicted molar refractivity (Wildman–Crippen MR) is 68.4 cm³/mol. The van der Waals surface area contributed by atoms with Crippen LogP contribution in [0.4, 0.5) is 0 Å². The Balaban J connectivity index is 2.08. The van der Waals surface area contributed by atoms with Crippen LogP contribution < -0.4 is 0 Å². The fraction of sp³-hybridized carbons (Fsp3) is 0.533. The molecule has 0 aliphatic heterocycles. The van der Waals surface area contributed by atoms with Gasteiger partial charge in [-0.25, -0.2) is 0 Å². The lowest BCUT2D eigenvalue weighted by atomic mass is 9.87. The van der Waals surface area contributed by atoms with Gasteiger partial charge in [-0.05, 0) is 54.7 Å². The van der Waals surface area contributed by atoms with E-state index in [0.29, 0.717) is 5.92 Å². The highest BCUT2D eigenvalue weighted by Gasteiger charge is 2.13. The maximum absolute atomic E-state index is 10.6. The summed E-state index contributed by atoms with van der Waals surface area (Å²) in [5.41, 5.74) is 4.27. The van der Waals surface area contributed by atoms with E-state index in [-0.39, 0.29) is 6.42 Å². The first-order valence-corrected chi connectivity index (χ1v) is 6.50. The van der Waals surface area contributed by atoms with E-state index < -0.39 is 5.97 Å². The molecule has 0 amide bonds. The lowest BCUT2D eigenvalue weighted by Gasteiger charge is -2.19. The number of rotatable bonds is 4. The Bertz CT molecular complexity index is 409. The van der Waals surface area contributed by atoms with Gasteiger partial charge in [-0.1, -0.05) is 25.1 Å². The standard InChI is InChI=1S/C15H20O2/c1-11(6-9-15(16)17)13-8-7-12-4-2-3-5-14(12)10-13/h7-8,10-11H,2-6,9H2,1H3,(H,16,17). The average Bonchev–Trinajstić information content (AvgIpc) is 2.35. The second-order valence-corrected chi connectivity index (χ2v) is 5.07. The molecule has 1 aliphatic rings. The number of hydrogen-bond acceptors (Lipinski definition) is 1. The normalized spacial score (nSPS) is 16.3. The van der Waals surface area contributed by atoms with Crippen LogP contribution in [-0.2, 0) is 17.6 Å². The third-order valence-electron chi connectivity index (χ3n) is 3.73. The number of aliphatic carboxylic acids is 1. The zero-order valence-electron chi connectivity index (χ0n) is 10.4. The van der Waals surface area contributed by atoms with Gasteiger partial charge in [-0.3, -0.25) is 4.79 Å². The number of carboxylic acid groups (broad SMARTS) is 1. The molecule has 2 heteroatoms. The first-order valence-electron chi connectivity index (χ1n) is 6.50. The quantitative estimate of drug-likeness (QED) is 0.862. The third-order valence-corrected chi connectivity index (χ3v) is 3.73. The SMILES string of the molecule is CC(CCC(=O)O)c1ccc2c(c1)CCCC2. The van der Waals surface area contributed by atoms with Crippen LogP contribution in [0.5, 0.6) is 0 Å². The van der Waals surface area contributed by atoms with E-state index in [4.69, 9.17) is 5.11 Å².